The summed E-state index contributed by atoms with van der Waals surface area (Å²) in [6.07, 6.45) is 3.40. The van der Waals surface area contributed by atoms with E-state index in [1.54, 1.807) is 22.7 Å². The van der Waals surface area contributed by atoms with Crippen LogP contribution in [0.4, 0.5) is 0 Å². The second-order valence-corrected chi connectivity index (χ2v) is 5.74. The number of aromatic nitrogens is 2. The van der Waals surface area contributed by atoms with Gasteiger partial charge in [-0.15, -0.1) is 0 Å². The van der Waals surface area contributed by atoms with Crippen LogP contribution < -0.4 is 0 Å². The third-order valence-electron chi connectivity index (χ3n) is 4.00. The van der Waals surface area contributed by atoms with Crippen molar-refractivity contribution in [2.24, 2.45) is 0 Å². The number of nitrogens with zero attached hydrogens (tertiary/aromatic N) is 3. The Morgan fingerprint density at radius 3 is 2.40 bits per heavy atom. The Balaban J connectivity index is 1.52. The molecule has 0 aliphatic carbocycles. The summed E-state index contributed by atoms with van der Waals surface area (Å²) < 4.78 is 1.81. The van der Waals surface area contributed by atoms with Crippen molar-refractivity contribution in [3.8, 4) is 0 Å². The average Bonchev–Trinajstić information content (AvgIpc) is 3.11. The molecule has 0 saturated carbocycles. The van der Waals surface area contributed by atoms with Gasteiger partial charge in [-0.3, -0.25) is 9.59 Å². The van der Waals surface area contributed by atoms with Gasteiger partial charge in [-0.05, 0) is 30.7 Å². The zero-order valence-electron chi connectivity index (χ0n) is 13.3. The highest BCUT2D eigenvalue weighted by Gasteiger charge is 2.38. The quantitative estimate of drug-likeness (QED) is 0.683. The molecule has 7 heteroatoms. The molecule has 0 N–H and O–H groups in total. The molecule has 1 aliphatic heterocycles. The van der Waals surface area contributed by atoms with Crippen LogP contribution in [0.15, 0.2) is 48.8 Å². The van der Waals surface area contributed by atoms with E-state index in [1.807, 2.05) is 25.3 Å². The van der Waals surface area contributed by atoms with Crippen molar-refractivity contribution >= 4 is 23.4 Å². The molecule has 1 aromatic carbocycles. The molecule has 124 valence electrons. The lowest BCUT2D eigenvalue weighted by Crippen LogP contribution is -2.33. The summed E-state index contributed by atoms with van der Waals surface area (Å²) in [6, 6.07) is 10.1. The first-order valence-corrected chi connectivity index (χ1v) is 7.66. The number of benzene rings is 1. The van der Waals surface area contributed by atoms with Crippen molar-refractivity contribution in [2.45, 2.75) is 13.3 Å². The van der Waals surface area contributed by atoms with Gasteiger partial charge < -0.3 is 9.24 Å². The summed E-state index contributed by atoms with van der Waals surface area (Å²) >= 11 is 0. The summed E-state index contributed by atoms with van der Waals surface area (Å²) in [4.78, 5) is 45.9. The van der Waals surface area contributed by atoms with Gasteiger partial charge in [0.1, 0.15) is 5.65 Å². The van der Waals surface area contributed by atoms with Gasteiger partial charge in [0.25, 0.3) is 11.8 Å². The van der Waals surface area contributed by atoms with E-state index < -0.39 is 17.8 Å². The first-order valence-electron chi connectivity index (χ1n) is 7.66. The number of carbonyl (C=O) groups excluding carboxylic acids is 3. The van der Waals surface area contributed by atoms with E-state index in [9.17, 15) is 14.4 Å². The zero-order valence-corrected chi connectivity index (χ0v) is 13.3. The number of fused-ring (bicyclic) bond motifs is 2. The lowest BCUT2D eigenvalue weighted by molar-refractivity contribution is -0.167. The number of hydroxylamine groups is 2. The molecule has 0 radical (unpaired) electrons. The van der Waals surface area contributed by atoms with Gasteiger partial charge in [0.15, 0.2) is 0 Å². The van der Waals surface area contributed by atoms with Crippen LogP contribution in [0.5, 0.6) is 0 Å². The van der Waals surface area contributed by atoms with Crippen molar-refractivity contribution in [3.63, 3.8) is 0 Å². The number of imide groups is 1. The molecule has 2 amide bonds. The number of pyridine rings is 1. The first-order chi connectivity index (χ1) is 12.0. The normalized spacial score (nSPS) is 13.4. The third kappa shape index (κ3) is 2.46. The Kier molecular flexibility index (Phi) is 3.35. The molecule has 0 saturated heterocycles. The zero-order chi connectivity index (χ0) is 17.6. The molecule has 2 aromatic heterocycles. The minimum Gasteiger partial charge on any atom is -0.329 e. The second-order valence-electron chi connectivity index (χ2n) is 5.74. The molecule has 0 bridgehead atoms. The second kappa shape index (κ2) is 5.55. The van der Waals surface area contributed by atoms with Gasteiger partial charge in [0, 0.05) is 12.4 Å². The summed E-state index contributed by atoms with van der Waals surface area (Å²) in [6.45, 7) is 1.92. The third-order valence-corrected chi connectivity index (χ3v) is 4.00. The summed E-state index contributed by atoms with van der Waals surface area (Å²) in [5.74, 6) is -2.00. The maximum atomic E-state index is 12.2. The molecule has 0 spiro atoms. The SMILES string of the molecule is Cc1cccn2cc(CC(=O)ON3C(=O)c4ccccc4C3=O)nc12. The van der Waals surface area contributed by atoms with Crippen molar-refractivity contribution in [1.82, 2.24) is 14.4 Å². The van der Waals surface area contributed by atoms with Crippen LogP contribution in [0.2, 0.25) is 0 Å². The minimum atomic E-state index is -0.726. The molecular formula is C18H13N3O4. The molecule has 0 atom stereocenters. The van der Waals surface area contributed by atoms with Gasteiger partial charge >= 0.3 is 5.97 Å². The number of carbonyl (C=O) groups is 3. The Labute approximate surface area is 142 Å². The van der Waals surface area contributed by atoms with Crippen LogP contribution in [-0.2, 0) is 16.1 Å². The Morgan fingerprint density at radius 1 is 1.08 bits per heavy atom. The predicted octanol–water partition coefficient (Wildman–Crippen LogP) is 1.94. The lowest BCUT2D eigenvalue weighted by Gasteiger charge is -2.11. The first kappa shape index (κ1) is 15.1. The van der Waals surface area contributed by atoms with Gasteiger partial charge in [-0.1, -0.05) is 23.3 Å². The molecule has 0 unspecified atom stereocenters. The molecule has 1 aliphatic rings. The highest BCUT2D eigenvalue weighted by atomic mass is 16.7. The fourth-order valence-electron chi connectivity index (χ4n) is 2.82. The Hall–Kier alpha value is -3.48. The van der Waals surface area contributed by atoms with Crippen LogP contribution in [0.3, 0.4) is 0 Å². The number of hydrogen-bond donors (Lipinski definition) is 0. The maximum absolute atomic E-state index is 12.2. The minimum absolute atomic E-state index is 0.144. The number of imidazole rings is 1. The van der Waals surface area contributed by atoms with E-state index in [4.69, 9.17) is 4.84 Å². The van der Waals surface area contributed by atoms with E-state index in [0.29, 0.717) is 10.8 Å². The molecular weight excluding hydrogens is 322 g/mol. The summed E-state index contributed by atoms with van der Waals surface area (Å²) in [5, 5.41) is 0.508. The van der Waals surface area contributed by atoms with Gasteiger partial charge in [0.2, 0.25) is 0 Å². The van der Waals surface area contributed by atoms with Crippen LogP contribution in [0, 0.1) is 6.92 Å². The monoisotopic (exact) mass is 335 g/mol. The fourth-order valence-corrected chi connectivity index (χ4v) is 2.82. The topological polar surface area (TPSA) is 81.0 Å². The number of rotatable bonds is 3. The predicted molar refractivity (Wildman–Crippen MR) is 86.7 cm³/mol. The van der Waals surface area contributed by atoms with Crippen LogP contribution >= 0.6 is 0 Å². The van der Waals surface area contributed by atoms with Crippen molar-refractivity contribution in [1.29, 1.82) is 0 Å². The Bertz CT molecular complexity index is 1000. The van der Waals surface area contributed by atoms with E-state index in [-0.39, 0.29) is 17.5 Å². The lowest BCUT2D eigenvalue weighted by atomic mass is 10.1. The van der Waals surface area contributed by atoms with E-state index in [1.165, 1.54) is 12.1 Å². The van der Waals surface area contributed by atoms with Crippen LogP contribution in [-0.4, -0.2) is 32.2 Å². The summed E-state index contributed by atoms with van der Waals surface area (Å²) in [5.41, 5.74) is 2.66. The van der Waals surface area contributed by atoms with Gasteiger partial charge in [0.05, 0.1) is 23.2 Å². The molecule has 7 nitrogen and oxygen atoms in total. The fraction of sp³-hybridized carbons (Fsp3) is 0.111. The van der Waals surface area contributed by atoms with Gasteiger partial charge in [-0.25, -0.2) is 9.78 Å². The highest BCUT2D eigenvalue weighted by Crippen LogP contribution is 2.23. The van der Waals surface area contributed by atoms with Crippen LogP contribution in [0.1, 0.15) is 32.0 Å². The molecule has 0 fully saturated rings. The number of hydrogen-bond acceptors (Lipinski definition) is 5. The highest BCUT2D eigenvalue weighted by molar-refractivity contribution is 6.20. The van der Waals surface area contributed by atoms with Crippen molar-refractivity contribution in [2.75, 3.05) is 0 Å². The summed E-state index contributed by atoms with van der Waals surface area (Å²) in [7, 11) is 0. The average molecular weight is 335 g/mol. The molecule has 3 heterocycles. The van der Waals surface area contributed by atoms with Crippen molar-refractivity contribution in [3.05, 3.63) is 71.2 Å². The van der Waals surface area contributed by atoms with E-state index >= 15 is 0 Å². The van der Waals surface area contributed by atoms with Gasteiger partial charge in [-0.2, -0.15) is 0 Å². The standard InChI is InChI=1S/C18H13N3O4/c1-11-5-4-8-20-10-12(19-16(11)20)9-15(22)25-21-17(23)13-6-2-3-7-14(13)18(21)24/h2-8,10H,9H2,1H3. The van der Waals surface area contributed by atoms with Crippen LogP contribution in [0.25, 0.3) is 5.65 Å². The largest absolute Gasteiger partial charge is 0.339 e. The van der Waals surface area contributed by atoms with Crippen molar-refractivity contribution < 1.29 is 19.2 Å². The number of amides is 2. The number of aryl methyl sites for hydroxylation is 1. The van der Waals surface area contributed by atoms with E-state index in [0.717, 1.165) is 11.2 Å². The molecule has 4 rings (SSSR count). The Morgan fingerprint density at radius 2 is 1.76 bits per heavy atom. The smallest absolute Gasteiger partial charge is 0.329 e. The van der Waals surface area contributed by atoms with E-state index in [2.05, 4.69) is 4.98 Å². The maximum Gasteiger partial charge on any atom is 0.339 e. The molecule has 3 aromatic rings. The molecule has 25 heavy (non-hydrogen) atoms.